The van der Waals surface area contributed by atoms with Crippen LogP contribution < -0.4 is 5.32 Å². The van der Waals surface area contributed by atoms with Gasteiger partial charge in [-0.1, -0.05) is 28.1 Å². The van der Waals surface area contributed by atoms with E-state index in [-0.39, 0.29) is 23.6 Å². The molecule has 0 aliphatic carbocycles. The number of carbonyl (C=O) groups is 3. The largest absolute Gasteiger partial charge is 0.462 e. The molecule has 0 saturated heterocycles. The number of benzene rings is 2. The van der Waals surface area contributed by atoms with Gasteiger partial charge in [0, 0.05) is 15.4 Å². The zero-order valence-electron chi connectivity index (χ0n) is 15.8. The third-order valence-corrected chi connectivity index (χ3v) is 4.61. The second kappa shape index (κ2) is 8.91. The highest BCUT2D eigenvalue weighted by molar-refractivity contribution is 9.10. The van der Waals surface area contributed by atoms with E-state index in [0.29, 0.717) is 11.1 Å². The molecule has 2 aromatic carbocycles. The average Bonchev–Trinajstić information content (AvgIpc) is 3.03. The van der Waals surface area contributed by atoms with E-state index in [4.69, 9.17) is 13.9 Å². The fourth-order valence-electron chi connectivity index (χ4n) is 2.75. The van der Waals surface area contributed by atoms with E-state index in [2.05, 4.69) is 21.2 Å². The molecular weight excluding hydrogens is 442 g/mol. The number of furan rings is 1. The normalized spacial score (nSPS) is 10.6. The number of ether oxygens (including phenoxy) is 2. The molecule has 1 amide bonds. The van der Waals surface area contributed by atoms with Gasteiger partial charge in [-0.2, -0.15) is 0 Å². The molecule has 29 heavy (non-hydrogen) atoms. The lowest BCUT2D eigenvalue weighted by atomic mass is 10.1. The molecule has 0 atom stereocenters. The Kier molecular flexibility index (Phi) is 6.33. The molecule has 1 aromatic heterocycles. The molecule has 1 N–H and O–H groups in total. The summed E-state index contributed by atoms with van der Waals surface area (Å²) in [5.74, 6) is -1.85. The topological polar surface area (TPSA) is 94.8 Å². The Morgan fingerprint density at radius 3 is 2.59 bits per heavy atom. The van der Waals surface area contributed by atoms with E-state index in [1.165, 1.54) is 6.07 Å². The Balaban J connectivity index is 1.67. The highest BCUT2D eigenvalue weighted by Crippen LogP contribution is 2.28. The predicted octanol–water partition coefficient (Wildman–Crippen LogP) is 4.48. The van der Waals surface area contributed by atoms with Crippen LogP contribution in [0.15, 0.2) is 51.4 Å². The Morgan fingerprint density at radius 1 is 1.07 bits per heavy atom. The van der Waals surface area contributed by atoms with E-state index >= 15 is 0 Å². The van der Waals surface area contributed by atoms with Crippen LogP contribution in [-0.4, -0.2) is 31.1 Å². The maximum atomic E-state index is 12.4. The smallest absolute Gasteiger partial charge is 0.375 e. The van der Waals surface area contributed by atoms with E-state index < -0.39 is 24.5 Å². The van der Waals surface area contributed by atoms with Gasteiger partial charge in [0.15, 0.2) is 6.61 Å². The van der Waals surface area contributed by atoms with Gasteiger partial charge in [-0.25, -0.2) is 9.59 Å². The summed E-state index contributed by atoms with van der Waals surface area (Å²) in [7, 11) is 0. The van der Waals surface area contributed by atoms with Crippen molar-refractivity contribution < 1.29 is 28.3 Å². The molecule has 0 bridgehead atoms. The van der Waals surface area contributed by atoms with E-state index in [0.717, 1.165) is 9.86 Å². The summed E-state index contributed by atoms with van der Waals surface area (Å²) in [5, 5.41) is 3.33. The van der Waals surface area contributed by atoms with Crippen molar-refractivity contribution in [2.24, 2.45) is 0 Å². The first kappa shape index (κ1) is 20.6. The van der Waals surface area contributed by atoms with Crippen LogP contribution in [-0.2, 0) is 14.3 Å². The van der Waals surface area contributed by atoms with Crippen LogP contribution in [0.25, 0.3) is 11.0 Å². The third kappa shape index (κ3) is 4.65. The second-order valence-corrected chi connectivity index (χ2v) is 7.00. The molecule has 3 aromatic rings. The van der Waals surface area contributed by atoms with E-state index in [1.807, 2.05) is 6.07 Å². The highest BCUT2D eigenvalue weighted by Gasteiger charge is 2.21. The molecule has 0 aliphatic rings. The summed E-state index contributed by atoms with van der Waals surface area (Å²) in [6, 6.07) is 11.8. The van der Waals surface area contributed by atoms with E-state index in [1.54, 1.807) is 44.2 Å². The molecule has 150 valence electrons. The van der Waals surface area contributed by atoms with Crippen LogP contribution in [0.4, 0.5) is 5.69 Å². The molecule has 0 fully saturated rings. The molecule has 8 heteroatoms. The van der Waals surface area contributed by atoms with Crippen molar-refractivity contribution in [2.45, 2.75) is 13.8 Å². The van der Waals surface area contributed by atoms with Gasteiger partial charge in [-0.15, -0.1) is 0 Å². The summed E-state index contributed by atoms with van der Waals surface area (Å²) in [6.45, 7) is 3.12. The summed E-state index contributed by atoms with van der Waals surface area (Å²) in [6.07, 6.45) is 0. The number of hydrogen-bond donors (Lipinski definition) is 1. The fourth-order valence-corrected chi connectivity index (χ4v) is 3.11. The van der Waals surface area contributed by atoms with Crippen LogP contribution in [0.3, 0.4) is 0 Å². The number of halogens is 1. The summed E-state index contributed by atoms with van der Waals surface area (Å²) < 4.78 is 16.5. The van der Waals surface area contributed by atoms with Crippen molar-refractivity contribution in [2.75, 3.05) is 18.5 Å². The van der Waals surface area contributed by atoms with Gasteiger partial charge in [0.1, 0.15) is 5.58 Å². The lowest BCUT2D eigenvalue weighted by molar-refractivity contribution is -0.119. The number of rotatable bonds is 6. The molecule has 3 rings (SSSR count). The number of hydrogen-bond acceptors (Lipinski definition) is 6. The number of para-hydroxylation sites is 1. The van der Waals surface area contributed by atoms with E-state index in [9.17, 15) is 14.4 Å². The third-order valence-electron chi connectivity index (χ3n) is 4.11. The molecule has 0 aliphatic heterocycles. The lowest BCUT2D eigenvalue weighted by Crippen LogP contribution is -2.22. The number of fused-ring (bicyclic) bond motifs is 1. The lowest BCUT2D eigenvalue weighted by Gasteiger charge is -2.10. The van der Waals surface area contributed by atoms with Crippen LogP contribution >= 0.6 is 15.9 Å². The number of carbonyl (C=O) groups excluding carboxylic acids is 3. The summed E-state index contributed by atoms with van der Waals surface area (Å²) in [5.41, 5.74) is 1.66. The van der Waals surface area contributed by atoms with Crippen molar-refractivity contribution >= 4 is 50.4 Å². The number of anilines is 1. The molecule has 0 radical (unpaired) electrons. The quantitative estimate of drug-likeness (QED) is 0.546. The van der Waals surface area contributed by atoms with Gasteiger partial charge in [0.25, 0.3) is 5.91 Å². The highest BCUT2D eigenvalue weighted by atomic mass is 79.9. The fraction of sp³-hybridized carbons (Fsp3) is 0.190. The first-order chi connectivity index (χ1) is 13.9. The van der Waals surface area contributed by atoms with Crippen molar-refractivity contribution in [3.05, 3.63) is 63.8 Å². The van der Waals surface area contributed by atoms with Gasteiger partial charge in [-0.05, 0) is 44.2 Å². The molecule has 0 spiro atoms. The van der Waals surface area contributed by atoms with Crippen molar-refractivity contribution in [3.63, 3.8) is 0 Å². The standard InChI is InChI=1S/C21H18BrNO6/c1-3-27-20(25)14-6-4-5-7-16(14)23-18(24)11-28-21(26)19-12(2)15-10-13(22)8-9-17(15)29-19/h4-10H,3,11H2,1-2H3,(H,23,24). The first-order valence-electron chi connectivity index (χ1n) is 8.82. The maximum absolute atomic E-state index is 12.4. The van der Waals surface area contributed by atoms with Crippen LogP contribution in [0.2, 0.25) is 0 Å². The SMILES string of the molecule is CCOC(=O)c1ccccc1NC(=O)COC(=O)c1oc2ccc(Br)cc2c1C. The zero-order valence-corrected chi connectivity index (χ0v) is 17.4. The monoisotopic (exact) mass is 459 g/mol. The summed E-state index contributed by atoms with van der Waals surface area (Å²) in [4.78, 5) is 36.5. The molecule has 0 unspecified atom stereocenters. The van der Waals surface area contributed by atoms with Gasteiger partial charge in [-0.3, -0.25) is 4.79 Å². The Hall–Kier alpha value is -3.13. The van der Waals surface area contributed by atoms with Crippen molar-refractivity contribution in [1.82, 2.24) is 0 Å². The molecule has 7 nitrogen and oxygen atoms in total. The number of aryl methyl sites for hydroxylation is 1. The molecular formula is C21H18BrNO6. The number of esters is 2. The zero-order chi connectivity index (χ0) is 21.0. The van der Waals surface area contributed by atoms with Gasteiger partial charge in [0.05, 0.1) is 17.9 Å². The van der Waals surface area contributed by atoms with Crippen LogP contribution in [0.5, 0.6) is 0 Å². The van der Waals surface area contributed by atoms with Crippen LogP contribution in [0, 0.1) is 6.92 Å². The second-order valence-electron chi connectivity index (χ2n) is 6.09. The Bertz CT molecular complexity index is 1090. The Labute approximate surface area is 175 Å². The molecule has 0 saturated carbocycles. The average molecular weight is 460 g/mol. The van der Waals surface area contributed by atoms with Gasteiger partial charge >= 0.3 is 11.9 Å². The Morgan fingerprint density at radius 2 is 1.83 bits per heavy atom. The van der Waals surface area contributed by atoms with Crippen LogP contribution in [0.1, 0.15) is 33.4 Å². The number of amides is 1. The van der Waals surface area contributed by atoms with Crippen molar-refractivity contribution in [3.8, 4) is 0 Å². The summed E-state index contributed by atoms with van der Waals surface area (Å²) >= 11 is 3.38. The van der Waals surface area contributed by atoms with Gasteiger partial charge in [0.2, 0.25) is 5.76 Å². The maximum Gasteiger partial charge on any atom is 0.375 e. The minimum absolute atomic E-state index is 0.0397. The number of nitrogens with one attached hydrogen (secondary N) is 1. The van der Waals surface area contributed by atoms with Gasteiger partial charge < -0.3 is 19.2 Å². The predicted molar refractivity (Wildman–Crippen MR) is 110 cm³/mol. The first-order valence-corrected chi connectivity index (χ1v) is 9.61. The minimum Gasteiger partial charge on any atom is -0.462 e. The van der Waals surface area contributed by atoms with Crippen molar-refractivity contribution in [1.29, 1.82) is 0 Å². The molecule has 1 heterocycles. The minimum atomic E-state index is -0.747.